The summed E-state index contributed by atoms with van der Waals surface area (Å²) in [7, 11) is 0. The number of nitriles is 1. The summed E-state index contributed by atoms with van der Waals surface area (Å²) in [5.74, 6) is -2.78. The lowest BCUT2D eigenvalue weighted by Gasteiger charge is -2.12. The van der Waals surface area contributed by atoms with Gasteiger partial charge in [0.05, 0.1) is 11.6 Å². The first-order chi connectivity index (χ1) is 11.4. The number of carbonyl (C=O) groups is 1. The summed E-state index contributed by atoms with van der Waals surface area (Å²) in [5, 5.41) is 9.28. The fraction of sp³-hybridized carbons (Fsp3) is 0.118. The highest BCUT2D eigenvalue weighted by atomic mass is 19.4. The lowest BCUT2D eigenvalue weighted by Crippen LogP contribution is -2.18. The summed E-state index contributed by atoms with van der Waals surface area (Å²) in [6, 6.07) is 12.6. The quantitative estimate of drug-likeness (QED) is 0.670. The number of benzene rings is 2. The number of para-hydroxylation sites is 2. The Hall–Kier alpha value is -3.14. The van der Waals surface area contributed by atoms with Gasteiger partial charge in [0.25, 0.3) is 0 Å². The van der Waals surface area contributed by atoms with Crippen molar-refractivity contribution in [3.05, 3.63) is 65.5 Å². The molecule has 0 aliphatic carbocycles. The maximum absolute atomic E-state index is 13.1. The standard InChI is InChI=1S/C17H9F3N2O2/c18-17(19,20)12-6-2-1-5-10(12)15(23)11(9-21)16-22-13-7-3-4-8-14(13)24-16/h1-8,11H. The van der Waals surface area contributed by atoms with Crippen LogP contribution in [0.2, 0.25) is 0 Å². The SMILES string of the molecule is N#CC(C(=O)c1ccccc1C(F)(F)F)c1nc2ccccc2o1. The zero-order chi connectivity index (χ0) is 17.3. The van der Waals surface area contributed by atoms with Gasteiger partial charge < -0.3 is 4.42 Å². The van der Waals surface area contributed by atoms with Gasteiger partial charge in [-0.2, -0.15) is 18.4 Å². The first-order valence-electron chi connectivity index (χ1n) is 6.87. The van der Waals surface area contributed by atoms with Gasteiger partial charge in [0.15, 0.2) is 17.3 Å². The van der Waals surface area contributed by atoms with Crippen molar-refractivity contribution in [2.75, 3.05) is 0 Å². The molecule has 1 unspecified atom stereocenters. The van der Waals surface area contributed by atoms with Crippen molar-refractivity contribution in [1.29, 1.82) is 5.26 Å². The van der Waals surface area contributed by atoms with Crippen LogP contribution in [0.25, 0.3) is 11.1 Å². The molecule has 2 aromatic carbocycles. The molecule has 0 saturated heterocycles. The number of hydrogen-bond acceptors (Lipinski definition) is 4. The predicted molar refractivity (Wildman–Crippen MR) is 78.1 cm³/mol. The van der Waals surface area contributed by atoms with Gasteiger partial charge in [0, 0.05) is 5.56 Å². The molecule has 1 atom stereocenters. The Labute approximate surface area is 134 Å². The van der Waals surface area contributed by atoms with Gasteiger partial charge in [-0.1, -0.05) is 30.3 Å². The molecular weight excluding hydrogens is 321 g/mol. The fourth-order valence-electron chi connectivity index (χ4n) is 2.34. The molecule has 4 nitrogen and oxygen atoms in total. The van der Waals surface area contributed by atoms with Gasteiger partial charge in [-0.25, -0.2) is 4.98 Å². The van der Waals surface area contributed by atoms with Crippen LogP contribution in [0, 0.1) is 11.3 Å². The van der Waals surface area contributed by atoms with Crippen LogP contribution in [0.1, 0.15) is 27.7 Å². The van der Waals surface area contributed by atoms with Crippen LogP contribution in [-0.4, -0.2) is 10.8 Å². The lowest BCUT2D eigenvalue weighted by atomic mass is 9.94. The van der Waals surface area contributed by atoms with E-state index in [9.17, 15) is 23.2 Å². The first-order valence-corrected chi connectivity index (χ1v) is 6.87. The van der Waals surface area contributed by atoms with Crippen molar-refractivity contribution < 1.29 is 22.4 Å². The number of halogens is 3. The summed E-state index contributed by atoms with van der Waals surface area (Å²) in [4.78, 5) is 16.5. The van der Waals surface area contributed by atoms with Gasteiger partial charge in [0.2, 0.25) is 5.89 Å². The van der Waals surface area contributed by atoms with E-state index in [1.807, 2.05) is 0 Å². The molecule has 120 valence electrons. The topological polar surface area (TPSA) is 66.9 Å². The molecule has 0 saturated carbocycles. The molecule has 24 heavy (non-hydrogen) atoms. The molecule has 0 N–H and O–H groups in total. The van der Waals surface area contributed by atoms with Gasteiger partial charge in [0.1, 0.15) is 5.52 Å². The highest BCUT2D eigenvalue weighted by molar-refractivity contribution is 6.03. The Morgan fingerprint density at radius 3 is 2.46 bits per heavy atom. The largest absolute Gasteiger partial charge is 0.439 e. The predicted octanol–water partition coefficient (Wildman–Crippen LogP) is 4.34. The monoisotopic (exact) mass is 330 g/mol. The van der Waals surface area contributed by atoms with Crippen molar-refractivity contribution >= 4 is 16.9 Å². The summed E-state index contributed by atoms with van der Waals surface area (Å²) >= 11 is 0. The van der Waals surface area contributed by atoms with Crippen molar-refractivity contribution in [2.45, 2.75) is 12.1 Å². The summed E-state index contributed by atoms with van der Waals surface area (Å²) in [5.41, 5.74) is -0.903. The van der Waals surface area contributed by atoms with Crippen molar-refractivity contribution in [3.63, 3.8) is 0 Å². The molecule has 7 heteroatoms. The molecule has 0 aliphatic heterocycles. The average molecular weight is 330 g/mol. The molecule has 0 radical (unpaired) electrons. The van der Waals surface area contributed by atoms with E-state index in [-0.39, 0.29) is 5.89 Å². The second-order valence-electron chi connectivity index (χ2n) is 4.99. The number of hydrogen-bond donors (Lipinski definition) is 0. The molecule has 0 fully saturated rings. The Kier molecular flexibility index (Phi) is 3.81. The molecule has 3 aromatic rings. The Bertz CT molecular complexity index is 921. The van der Waals surface area contributed by atoms with Gasteiger partial charge in [-0.15, -0.1) is 0 Å². The van der Waals surface area contributed by atoms with Crippen molar-refractivity contribution in [2.24, 2.45) is 0 Å². The average Bonchev–Trinajstić information content (AvgIpc) is 2.98. The molecule has 0 spiro atoms. The second-order valence-corrected chi connectivity index (χ2v) is 4.99. The van der Waals surface area contributed by atoms with E-state index < -0.39 is 29.0 Å². The highest BCUT2D eigenvalue weighted by Gasteiger charge is 2.37. The van der Waals surface area contributed by atoms with E-state index in [2.05, 4.69) is 4.98 Å². The zero-order valence-electron chi connectivity index (χ0n) is 12.0. The normalized spacial score (nSPS) is 12.8. The van der Waals surface area contributed by atoms with Crippen LogP contribution >= 0.6 is 0 Å². The molecule has 1 aromatic heterocycles. The van der Waals surface area contributed by atoms with E-state index in [0.29, 0.717) is 11.1 Å². The maximum Gasteiger partial charge on any atom is 0.417 e. The highest BCUT2D eigenvalue weighted by Crippen LogP contribution is 2.34. The van der Waals surface area contributed by atoms with Crippen LogP contribution in [0.5, 0.6) is 0 Å². The van der Waals surface area contributed by atoms with Gasteiger partial charge in [-0.05, 0) is 18.2 Å². The van der Waals surface area contributed by atoms with Crippen LogP contribution < -0.4 is 0 Å². The molecule has 3 rings (SSSR count). The number of fused-ring (bicyclic) bond motifs is 1. The molecule has 0 bridgehead atoms. The minimum atomic E-state index is -4.70. The maximum atomic E-state index is 13.1. The Balaban J connectivity index is 2.06. The van der Waals surface area contributed by atoms with Gasteiger partial charge >= 0.3 is 6.18 Å². The number of ketones is 1. The number of rotatable bonds is 3. The molecule has 0 amide bonds. The zero-order valence-corrected chi connectivity index (χ0v) is 12.0. The van der Waals surface area contributed by atoms with E-state index >= 15 is 0 Å². The van der Waals surface area contributed by atoms with Crippen LogP contribution in [0.4, 0.5) is 13.2 Å². The minimum absolute atomic E-state index is 0.222. The third-order valence-electron chi connectivity index (χ3n) is 3.45. The number of nitrogens with zero attached hydrogens (tertiary/aromatic N) is 2. The number of aromatic nitrogens is 1. The first kappa shape index (κ1) is 15.7. The fourth-order valence-corrected chi connectivity index (χ4v) is 2.34. The number of alkyl halides is 3. The lowest BCUT2D eigenvalue weighted by molar-refractivity contribution is -0.137. The minimum Gasteiger partial charge on any atom is -0.439 e. The smallest absolute Gasteiger partial charge is 0.417 e. The Morgan fingerprint density at radius 2 is 1.79 bits per heavy atom. The number of oxazole rings is 1. The van der Waals surface area contributed by atoms with E-state index in [0.717, 1.165) is 12.1 Å². The summed E-state index contributed by atoms with van der Waals surface area (Å²) < 4.78 is 44.6. The van der Waals surface area contributed by atoms with Crippen molar-refractivity contribution in [1.82, 2.24) is 4.98 Å². The van der Waals surface area contributed by atoms with E-state index in [1.165, 1.54) is 12.1 Å². The molecule has 1 heterocycles. The van der Waals surface area contributed by atoms with E-state index in [4.69, 9.17) is 4.42 Å². The number of Topliss-reactive ketones (excluding diaryl/α,β-unsaturated/α-hetero) is 1. The third kappa shape index (κ3) is 2.74. The van der Waals surface area contributed by atoms with Crippen LogP contribution in [0.15, 0.2) is 52.9 Å². The Morgan fingerprint density at radius 1 is 1.12 bits per heavy atom. The van der Waals surface area contributed by atoms with E-state index in [1.54, 1.807) is 30.3 Å². The van der Waals surface area contributed by atoms with Gasteiger partial charge in [-0.3, -0.25) is 4.79 Å². The van der Waals surface area contributed by atoms with Crippen LogP contribution in [-0.2, 0) is 6.18 Å². The summed E-state index contributed by atoms with van der Waals surface area (Å²) in [6.07, 6.45) is -4.70. The van der Waals surface area contributed by atoms with Crippen molar-refractivity contribution in [3.8, 4) is 6.07 Å². The van der Waals surface area contributed by atoms with Crippen LogP contribution in [0.3, 0.4) is 0 Å². The molecular formula is C17H9F3N2O2. The number of carbonyl (C=O) groups excluding carboxylic acids is 1. The summed E-state index contributed by atoms with van der Waals surface area (Å²) in [6.45, 7) is 0. The third-order valence-corrected chi connectivity index (χ3v) is 3.45. The molecule has 0 aliphatic rings. The second kappa shape index (κ2) is 5.81.